The van der Waals surface area contributed by atoms with Gasteiger partial charge in [-0.25, -0.2) is 8.78 Å². The van der Waals surface area contributed by atoms with Gasteiger partial charge in [0.2, 0.25) is 0 Å². The number of rotatable bonds is 4. The summed E-state index contributed by atoms with van der Waals surface area (Å²) < 4.78 is 31.6. The maximum Gasteiger partial charge on any atom is 0.272 e. The molecule has 0 radical (unpaired) electrons. The molecule has 0 atom stereocenters. The summed E-state index contributed by atoms with van der Waals surface area (Å²) in [5.41, 5.74) is -0.165. The van der Waals surface area contributed by atoms with Gasteiger partial charge in [0.1, 0.15) is 24.0 Å². The molecule has 0 spiro atoms. The lowest BCUT2D eigenvalue weighted by molar-refractivity contribution is -0.385. The molecule has 0 aliphatic rings. The summed E-state index contributed by atoms with van der Waals surface area (Å²) in [5, 5.41) is 10.4. The summed E-state index contributed by atoms with van der Waals surface area (Å²) in [7, 11) is 0. The molecule has 6 heteroatoms. The zero-order chi connectivity index (χ0) is 13.8. The Bertz CT molecular complexity index is 617. The fraction of sp³-hybridized carbons (Fsp3) is 0.0769. The van der Waals surface area contributed by atoms with E-state index in [-0.39, 0.29) is 23.6 Å². The Balaban J connectivity index is 2.10. The van der Waals surface area contributed by atoms with Crippen molar-refractivity contribution < 1.29 is 18.4 Å². The van der Waals surface area contributed by atoms with E-state index in [1.54, 1.807) is 0 Å². The maximum atomic E-state index is 13.5. The number of hydrogen-bond acceptors (Lipinski definition) is 3. The fourth-order valence-corrected chi connectivity index (χ4v) is 1.48. The molecule has 4 nitrogen and oxygen atoms in total. The van der Waals surface area contributed by atoms with Crippen LogP contribution in [0.3, 0.4) is 0 Å². The average Bonchev–Trinajstić information content (AvgIpc) is 2.37. The topological polar surface area (TPSA) is 52.4 Å². The van der Waals surface area contributed by atoms with E-state index in [4.69, 9.17) is 4.74 Å². The number of hydrogen-bond donors (Lipinski definition) is 0. The van der Waals surface area contributed by atoms with Gasteiger partial charge in [0.15, 0.2) is 0 Å². The van der Waals surface area contributed by atoms with Gasteiger partial charge in [0, 0.05) is 17.7 Å². The number of nitro groups is 1. The standard InChI is InChI=1S/C13H9F2NO3/c14-10-2-1-3-12(6-10)19-8-9-4-5-11(16(17)18)7-13(9)15/h1-7H,8H2. The third kappa shape index (κ3) is 3.25. The minimum Gasteiger partial charge on any atom is -0.489 e. The Kier molecular flexibility index (Phi) is 3.70. The van der Waals surface area contributed by atoms with E-state index in [2.05, 4.69) is 0 Å². The van der Waals surface area contributed by atoms with Crippen molar-refractivity contribution in [3.63, 3.8) is 0 Å². The molecule has 2 aromatic rings. The van der Waals surface area contributed by atoms with Gasteiger partial charge in [-0.3, -0.25) is 10.1 Å². The van der Waals surface area contributed by atoms with Crippen molar-refractivity contribution in [2.24, 2.45) is 0 Å². The second-order valence-corrected chi connectivity index (χ2v) is 3.78. The molecule has 0 aliphatic carbocycles. The normalized spacial score (nSPS) is 10.2. The Labute approximate surface area is 107 Å². The molecule has 0 saturated carbocycles. The first-order valence-corrected chi connectivity index (χ1v) is 5.37. The molecule has 0 amide bonds. The van der Waals surface area contributed by atoms with Crippen LogP contribution in [-0.2, 0) is 6.61 Å². The number of benzene rings is 2. The van der Waals surface area contributed by atoms with Crippen molar-refractivity contribution in [2.75, 3.05) is 0 Å². The predicted molar refractivity (Wildman–Crippen MR) is 63.8 cm³/mol. The molecule has 0 bridgehead atoms. The first kappa shape index (κ1) is 12.9. The van der Waals surface area contributed by atoms with Crippen LogP contribution in [0, 0.1) is 21.7 Å². The lowest BCUT2D eigenvalue weighted by Gasteiger charge is -2.07. The van der Waals surface area contributed by atoms with Gasteiger partial charge < -0.3 is 4.74 Å². The third-order valence-corrected chi connectivity index (χ3v) is 2.44. The van der Waals surface area contributed by atoms with E-state index in [1.807, 2.05) is 0 Å². The van der Waals surface area contributed by atoms with Gasteiger partial charge in [0.05, 0.1) is 11.0 Å². The zero-order valence-electron chi connectivity index (χ0n) is 9.68. The zero-order valence-corrected chi connectivity index (χ0v) is 9.68. The first-order chi connectivity index (χ1) is 9.06. The monoisotopic (exact) mass is 265 g/mol. The van der Waals surface area contributed by atoms with E-state index < -0.39 is 16.6 Å². The SMILES string of the molecule is O=[N+]([O-])c1ccc(COc2cccc(F)c2)c(F)c1. The summed E-state index contributed by atoms with van der Waals surface area (Å²) in [6, 6.07) is 8.72. The van der Waals surface area contributed by atoms with Crippen LogP contribution in [0.15, 0.2) is 42.5 Å². The third-order valence-electron chi connectivity index (χ3n) is 2.44. The van der Waals surface area contributed by atoms with Crippen LogP contribution in [0.25, 0.3) is 0 Å². The van der Waals surface area contributed by atoms with E-state index >= 15 is 0 Å². The first-order valence-electron chi connectivity index (χ1n) is 5.37. The van der Waals surface area contributed by atoms with E-state index in [1.165, 1.54) is 36.4 Å². The number of ether oxygens (including phenoxy) is 1. The predicted octanol–water partition coefficient (Wildman–Crippen LogP) is 3.45. The second kappa shape index (κ2) is 5.43. The second-order valence-electron chi connectivity index (χ2n) is 3.78. The highest BCUT2D eigenvalue weighted by molar-refractivity contribution is 5.34. The molecular formula is C13H9F2NO3. The lowest BCUT2D eigenvalue weighted by Crippen LogP contribution is -2.00. The molecule has 0 aliphatic heterocycles. The highest BCUT2D eigenvalue weighted by Gasteiger charge is 2.11. The van der Waals surface area contributed by atoms with E-state index in [0.717, 1.165) is 6.07 Å². The number of nitro benzene ring substituents is 1. The molecule has 0 aromatic heterocycles. The van der Waals surface area contributed by atoms with Gasteiger partial charge in [-0.15, -0.1) is 0 Å². The van der Waals surface area contributed by atoms with Crippen molar-refractivity contribution in [1.82, 2.24) is 0 Å². The average molecular weight is 265 g/mol. The van der Waals surface area contributed by atoms with Crippen LogP contribution in [-0.4, -0.2) is 4.92 Å². The minimum absolute atomic E-state index is 0.132. The molecule has 19 heavy (non-hydrogen) atoms. The van der Waals surface area contributed by atoms with Crippen molar-refractivity contribution in [3.05, 3.63) is 69.8 Å². The van der Waals surface area contributed by atoms with Crippen LogP contribution in [0.2, 0.25) is 0 Å². The van der Waals surface area contributed by atoms with Crippen LogP contribution in [0.5, 0.6) is 5.75 Å². The van der Waals surface area contributed by atoms with Crippen molar-refractivity contribution >= 4 is 5.69 Å². The van der Waals surface area contributed by atoms with Gasteiger partial charge in [0.25, 0.3) is 5.69 Å². The van der Waals surface area contributed by atoms with Crippen molar-refractivity contribution in [1.29, 1.82) is 0 Å². The largest absolute Gasteiger partial charge is 0.489 e. The molecular weight excluding hydrogens is 256 g/mol. The lowest BCUT2D eigenvalue weighted by atomic mass is 10.2. The van der Waals surface area contributed by atoms with E-state index in [9.17, 15) is 18.9 Å². The number of non-ortho nitro benzene ring substituents is 1. The van der Waals surface area contributed by atoms with Crippen molar-refractivity contribution in [3.8, 4) is 5.75 Å². The molecule has 98 valence electrons. The van der Waals surface area contributed by atoms with Crippen LogP contribution in [0.1, 0.15) is 5.56 Å². The van der Waals surface area contributed by atoms with Gasteiger partial charge in [-0.05, 0) is 18.2 Å². The summed E-state index contributed by atoms with van der Waals surface area (Å²) in [6.07, 6.45) is 0. The molecule has 2 rings (SSSR count). The Morgan fingerprint density at radius 3 is 2.58 bits per heavy atom. The Morgan fingerprint density at radius 2 is 1.95 bits per heavy atom. The maximum absolute atomic E-state index is 13.5. The van der Waals surface area contributed by atoms with Gasteiger partial charge in [-0.1, -0.05) is 6.07 Å². The quantitative estimate of drug-likeness (QED) is 0.628. The molecule has 0 heterocycles. The van der Waals surface area contributed by atoms with Crippen LogP contribution < -0.4 is 4.74 Å². The Hall–Kier alpha value is -2.50. The minimum atomic E-state index is -0.731. The molecule has 0 saturated heterocycles. The van der Waals surface area contributed by atoms with Crippen molar-refractivity contribution in [2.45, 2.75) is 6.61 Å². The fourth-order valence-electron chi connectivity index (χ4n) is 1.48. The summed E-state index contributed by atoms with van der Waals surface area (Å²) in [6.45, 7) is -0.132. The van der Waals surface area contributed by atoms with Crippen LogP contribution >= 0.6 is 0 Å². The molecule has 0 N–H and O–H groups in total. The Morgan fingerprint density at radius 1 is 1.16 bits per heavy atom. The number of nitrogens with zero attached hydrogens (tertiary/aromatic N) is 1. The number of halogens is 2. The smallest absolute Gasteiger partial charge is 0.272 e. The summed E-state index contributed by atoms with van der Waals surface area (Å²) in [5.74, 6) is -0.926. The molecule has 0 fully saturated rings. The highest BCUT2D eigenvalue weighted by atomic mass is 19.1. The van der Waals surface area contributed by atoms with E-state index in [0.29, 0.717) is 0 Å². The van der Waals surface area contributed by atoms with Gasteiger partial charge in [-0.2, -0.15) is 0 Å². The molecule has 2 aromatic carbocycles. The van der Waals surface area contributed by atoms with Crippen LogP contribution in [0.4, 0.5) is 14.5 Å². The highest BCUT2D eigenvalue weighted by Crippen LogP contribution is 2.19. The summed E-state index contributed by atoms with van der Waals surface area (Å²) in [4.78, 5) is 9.77. The molecule has 0 unspecified atom stereocenters. The van der Waals surface area contributed by atoms with Gasteiger partial charge >= 0.3 is 0 Å². The summed E-state index contributed by atoms with van der Waals surface area (Å²) >= 11 is 0.